The Morgan fingerprint density at radius 1 is 0.810 bits per heavy atom. The van der Waals surface area contributed by atoms with Crippen molar-refractivity contribution in [2.24, 2.45) is 0 Å². The lowest BCUT2D eigenvalue weighted by molar-refractivity contribution is 0.414. The van der Waals surface area contributed by atoms with E-state index in [9.17, 15) is 0 Å². The molecule has 0 aliphatic heterocycles. The number of aromatic nitrogens is 2. The fraction of sp³-hybridized carbons (Fsp3) is 0.0588. The van der Waals surface area contributed by atoms with Crippen LogP contribution in [0.3, 0.4) is 0 Å². The van der Waals surface area contributed by atoms with E-state index in [1.165, 1.54) is 0 Å². The number of rotatable bonds is 3. The molecule has 0 N–H and O–H groups in total. The molecule has 0 amide bonds. The first-order valence-corrected chi connectivity index (χ1v) is 6.90. The second-order valence-electron chi connectivity index (χ2n) is 4.48. The number of nitrogens with zero attached hydrogens (tertiary/aromatic N) is 2. The third kappa shape index (κ3) is 2.60. The Morgan fingerprint density at radius 3 is 1.95 bits per heavy atom. The SMILES string of the molecule is COc1c(Cl)nnc(-c2ccccc2)c1-c1ccccc1. The van der Waals surface area contributed by atoms with Crippen LogP contribution in [0.1, 0.15) is 0 Å². The van der Waals surface area contributed by atoms with Gasteiger partial charge in [-0.15, -0.1) is 10.2 Å². The molecule has 1 aromatic heterocycles. The molecule has 3 nitrogen and oxygen atoms in total. The Hall–Kier alpha value is -2.39. The fourth-order valence-corrected chi connectivity index (χ4v) is 2.47. The molecule has 104 valence electrons. The predicted molar refractivity (Wildman–Crippen MR) is 84.5 cm³/mol. The molecule has 4 heteroatoms. The molecule has 3 aromatic rings. The Bertz CT molecular complexity index is 745. The largest absolute Gasteiger partial charge is 0.493 e. The van der Waals surface area contributed by atoms with Crippen LogP contribution in [0.25, 0.3) is 22.4 Å². The quantitative estimate of drug-likeness (QED) is 0.715. The molecule has 3 rings (SSSR count). The number of hydrogen-bond donors (Lipinski definition) is 0. The van der Waals surface area contributed by atoms with Crippen molar-refractivity contribution in [3.63, 3.8) is 0 Å². The highest BCUT2D eigenvalue weighted by molar-refractivity contribution is 6.31. The molecule has 0 fully saturated rings. The molecular weight excluding hydrogens is 284 g/mol. The summed E-state index contributed by atoms with van der Waals surface area (Å²) in [6.07, 6.45) is 0. The van der Waals surface area contributed by atoms with E-state index < -0.39 is 0 Å². The third-order valence-electron chi connectivity index (χ3n) is 3.20. The van der Waals surface area contributed by atoms with Crippen molar-refractivity contribution in [1.82, 2.24) is 10.2 Å². The van der Waals surface area contributed by atoms with E-state index in [-0.39, 0.29) is 5.15 Å². The molecule has 0 bridgehead atoms. The van der Waals surface area contributed by atoms with Gasteiger partial charge in [-0.3, -0.25) is 0 Å². The summed E-state index contributed by atoms with van der Waals surface area (Å²) in [5.41, 5.74) is 3.57. The van der Waals surface area contributed by atoms with E-state index >= 15 is 0 Å². The minimum absolute atomic E-state index is 0.260. The maximum absolute atomic E-state index is 6.14. The van der Waals surface area contributed by atoms with Crippen molar-refractivity contribution in [1.29, 1.82) is 0 Å². The van der Waals surface area contributed by atoms with Gasteiger partial charge in [0.25, 0.3) is 0 Å². The summed E-state index contributed by atoms with van der Waals surface area (Å²) in [6, 6.07) is 19.8. The van der Waals surface area contributed by atoms with Crippen molar-refractivity contribution in [2.75, 3.05) is 7.11 Å². The highest BCUT2D eigenvalue weighted by Crippen LogP contribution is 2.40. The molecule has 0 saturated carbocycles. The number of methoxy groups -OCH3 is 1. The molecule has 2 aromatic carbocycles. The lowest BCUT2D eigenvalue weighted by atomic mass is 9.99. The van der Waals surface area contributed by atoms with E-state index in [0.29, 0.717) is 5.75 Å². The standard InChI is InChI=1S/C17H13ClN2O/c1-21-16-14(12-8-4-2-5-9-12)15(19-20-17(16)18)13-10-6-3-7-11-13/h2-11H,1H3. The molecule has 0 saturated heterocycles. The second kappa shape index (κ2) is 5.94. The zero-order valence-electron chi connectivity index (χ0n) is 11.5. The first-order chi connectivity index (χ1) is 10.3. The Labute approximate surface area is 128 Å². The molecule has 0 atom stereocenters. The molecule has 0 unspecified atom stereocenters. The van der Waals surface area contributed by atoms with Gasteiger partial charge in [0.15, 0.2) is 10.9 Å². The summed E-state index contributed by atoms with van der Waals surface area (Å²) >= 11 is 6.14. The minimum Gasteiger partial charge on any atom is -0.493 e. The molecule has 0 aliphatic carbocycles. The monoisotopic (exact) mass is 296 g/mol. The summed E-state index contributed by atoms with van der Waals surface area (Å²) in [6.45, 7) is 0. The van der Waals surface area contributed by atoms with Gasteiger partial charge in [-0.05, 0) is 5.56 Å². The number of benzene rings is 2. The van der Waals surface area contributed by atoms with Gasteiger partial charge in [0.1, 0.15) is 5.69 Å². The molecule has 0 radical (unpaired) electrons. The maximum Gasteiger partial charge on any atom is 0.194 e. The zero-order valence-corrected chi connectivity index (χ0v) is 12.2. The summed E-state index contributed by atoms with van der Waals surface area (Å²) in [4.78, 5) is 0. The average Bonchev–Trinajstić information content (AvgIpc) is 2.56. The van der Waals surface area contributed by atoms with E-state index in [0.717, 1.165) is 22.4 Å². The van der Waals surface area contributed by atoms with Gasteiger partial charge in [-0.25, -0.2) is 0 Å². The van der Waals surface area contributed by atoms with Crippen LogP contribution in [-0.4, -0.2) is 17.3 Å². The van der Waals surface area contributed by atoms with E-state index in [1.54, 1.807) is 7.11 Å². The maximum atomic E-state index is 6.14. The van der Waals surface area contributed by atoms with Crippen molar-refractivity contribution in [2.45, 2.75) is 0 Å². The summed E-state index contributed by atoms with van der Waals surface area (Å²) < 4.78 is 5.46. The van der Waals surface area contributed by atoms with E-state index in [4.69, 9.17) is 16.3 Å². The van der Waals surface area contributed by atoms with Crippen LogP contribution in [0.2, 0.25) is 5.15 Å². The van der Waals surface area contributed by atoms with Crippen LogP contribution in [0.4, 0.5) is 0 Å². The van der Waals surface area contributed by atoms with Crippen molar-refractivity contribution >= 4 is 11.6 Å². The van der Waals surface area contributed by atoms with Crippen molar-refractivity contribution in [3.8, 4) is 28.1 Å². The smallest absolute Gasteiger partial charge is 0.194 e. The predicted octanol–water partition coefficient (Wildman–Crippen LogP) is 4.47. The first-order valence-electron chi connectivity index (χ1n) is 6.52. The summed E-state index contributed by atoms with van der Waals surface area (Å²) in [5.74, 6) is 0.539. The fourth-order valence-electron chi connectivity index (χ4n) is 2.26. The normalized spacial score (nSPS) is 10.4. The van der Waals surface area contributed by atoms with Gasteiger partial charge >= 0.3 is 0 Å². The van der Waals surface area contributed by atoms with Crippen LogP contribution in [0, 0.1) is 0 Å². The van der Waals surface area contributed by atoms with Gasteiger partial charge in [0, 0.05) is 5.56 Å². The number of ether oxygens (including phenoxy) is 1. The van der Waals surface area contributed by atoms with Crippen LogP contribution >= 0.6 is 11.6 Å². The Kier molecular flexibility index (Phi) is 3.84. The minimum atomic E-state index is 0.260. The second-order valence-corrected chi connectivity index (χ2v) is 4.84. The summed E-state index contributed by atoms with van der Waals surface area (Å²) in [7, 11) is 1.59. The molecule has 0 spiro atoms. The Morgan fingerprint density at radius 2 is 1.38 bits per heavy atom. The number of halogens is 1. The van der Waals surface area contributed by atoms with E-state index in [1.807, 2.05) is 60.7 Å². The van der Waals surface area contributed by atoms with E-state index in [2.05, 4.69) is 10.2 Å². The van der Waals surface area contributed by atoms with Gasteiger partial charge in [-0.1, -0.05) is 72.3 Å². The van der Waals surface area contributed by atoms with Gasteiger partial charge < -0.3 is 4.74 Å². The topological polar surface area (TPSA) is 35.0 Å². The van der Waals surface area contributed by atoms with Gasteiger partial charge in [-0.2, -0.15) is 0 Å². The van der Waals surface area contributed by atoms with Crippen LogP contribution in [-0.2, 0) is 0 Å². The van der Waals surface area contributed by atoms with Crippen LogP contribution in [0.5, 0.6) is 5.75 Å². The van der Waals surface area contributed by atoms with Crippen LogP contribution < -0.4 is 4.74 Å². The highest BCUT2D eigenvalue weighted by atomic mass is 35.5. The molecular formula is C17H13ClN2O. The van der Waals surface area contributed by atoms with Crippen molar-refractivity contribution in [3.05, 3.63) is 65.8 Å². The lowest BCUT2D eigenvalue weighted by Crippen LogP contribution is -1.98. The van der Waals surface area contributed by atoms with Crippen LogP contribution in [0.15, 0.2) is 60.7 Å². The van der Waals surface area contributed by atoms with Gasteiger partial charge in [0.2, 0.25) is 0 Å². The highest BCUT2D eigenvalue weighted by Gasteiger charge is 2.18. The number of hydrogen-bond acceptors (Lipinski definition) is 3. The summed E-state index contributed by atoms with van der Waals surface area (Å²) in [5, 5.41) is 8.53. The molecule has 1 heterocycles. The molecule has 0 aliphatic rings. The zero-order chi connectivity index (χ0) is 14.7. The first kappa shape index (κ1) is 13.6. The Balaban J connectivity index is 2.31. The average molecular weight is 297 g/mol. The lowest BCUT2D eigenvalue weighted by Gasteiger charge is -2.13. The molecule has 21 heavy (non-hydrogen) atoms. The van der Waals surface area contributed by atoms with Crippen molar-refractivity contribution < 1.29 is 4.74 Å². The third-order valence-corrected chi connectivity index (χ3v) is 3.45. The van der Waals surface area contributed by atoms with Gasteiger partial charge in [0.05, 0.1) is 12.7 Å².